The van der Waals surface area contributed by atoms with Gasteiger partial charge >= 0.3 is 0 Å². The van der Waals surface area contributed by atoms with Gasteiger partial charge in [0.25, 0.3) is 0 Å². The van der Waals surface area contributed by atoms with Crippen LogP contribution in [0, 0.1) is 6.92 Å². The predicted octanol–water partition coefficient (Wildman–Crippen LogP) is 2.44. The lowest BCUT2D eigenvalue weighted by Gasteiger charge is -2.39. The van der Waals surface area contributed by atoms with Crippen LogP contribution in [0.5, 0.6) is 0 Å². The largest absolute Gasteiger partial charge is 0.354 e. The van der Waals surface area contributed by atoms with Gasteiger partial charge in [0.2, 0.25) is 5.89 Å². The summed E-state index contributed by atoms with van der Waals surface area (Å²) >= 11 is 0. The molecule has 0 aliphatic carbocycles. The van der Waals surface area contributed by atoms with Crippen LogP contribution in [0.3, 0.4) is 0 Å². The van der Waals surface area contributed by atoms with Crippen molar-refractivity contribution in [2.75, 3.05) is 24.5 Å². The van der Waals surface area contributed by atoms with E-state index >= 15 is 0 Å². The zero-order valence-electron chi connectivity index (χ0n) is 14.2. The fourth-order valence-electron chi connectivity index (χ4n) is 3.00. The standard InChI is InChI=1S/C17H25N5O/c1-4-6-15-19-17(23-20-15)12-21-9-10-22(11-14(21)3)16-8-5-7-13(2)18-16/h5,7-8,14H,4,6,9-12H2,1-3H3. The van der Waals surface area contributed by atoms with Gasteiger partial charge in [0.05, 0.1) is 6.54 Å². The number of piperazine rings is 1. The zero-order chi connectivity index (χ0) is 16.2. The van der Waals surface area contributed by atoms with E-state index in [9.17, 15) is 0 Å². The number of aromatic nitrogens is 3. The summed E-state index contributed by atoms with van der Waals surface area (Å²) in [6.07, 6.45) is 1.92. The van der Waals surface area contributed by atoms with Gasteiger partial charge in [-0.1, -0.05) is 18.1 Å². The number of pyridine rings is 1. The van der Waals surface area contributed by atoms with Crippen LogP contribution in [0.1, 0.15) is 37.7 Å². The van der Waals surface area contributed by atoms with Crippen molar-refractivity contribution in [3.05, 3.63) is 35.6 Å². The third-order valence-corrected chi connectivity index (χ3v) is 4.28. The van der Waals surface area contributed by atoms with Crippen LogP contribution in [0.2, 0.25) is 0 Å². The van der Waals surface area contributed by atoms with Crippen molar-refractivity contribution in [3.63, 3.8) is 0 Å². The Morgan fingerprint density at radius 2 is 2.13 bits per heavy atom. The summed E-state index contributed by atoms with van der Waals surface area (Å²) in [6.45, 7) is 10.0. The summed E-state index contributed by atoms with van der Waals surface area (Å²) < 4.78 is 5.37. The summed E-state index contributed by atoms with van der Waals surface area (Å²) in [4.78, 5) is 13.9. The average molecular weight is 315 g/mol. The van der Waals surface area contributed by atoms with Gasteiger partial charge in [0.1, 0.15) is 5.82 Å². The second-order valence-corrected chi connectivity index (χ2v) is 6.26. The van der Waals surface area contributed by atoms with E-state index in [1.165, 1.54) is 0 Å². The molecule has 0 amide bonds. The van der Waals surface area contributed by atoms with Crippen molar-refractivity contribution in [2.45, 2.75) is 46.2 Å². The maximum absolute atomic E-state index is 5.37. The van der Waals surface area contributed by atoms with Crippen molar-refractivity contribution in [1.29, 1.82) is 0 Å². The SMILES string of the molecule is CCCc1noc(CN2CCN(c3cccc(C)n3)CC2C)n1. The molecule has 0 N–H and O–H groups in total. The molecule has 23 heavy (non-hydrogen) atoms. The van der Waals surface area contributed by atoms with Crippen LogP contribution < -0.4 is 4.90 Å². The molecule has 0 bridgehead atoms. The Bertz CT molecular complexity index is 641. The molecule has 2 aromatic heterocycles. The molecule has 0 radical (unpaired) electrons. The summed E-state index contributed by atoms with van der Waals surface area (Å²) in [5.41, 5.74) is 1.06. The van der Waals surface area contributed by atoms with Gasteiger partial charge in [-0.3, -0.25) is 4.90 Å². The summed E-state index contributed by atoms with van der Waals surface area (Å²) in [5, 5.41) is 4.04. The Morgan fingerprint density at radius 3 is 2.87 bits per heavy atom. The fraction of sp³-hybridized carbons (Fsp3) is 0.588. The first-order valence-electron chi connectivity index (χ1n) is 8.40. The maximum atomic E-state index is 5.37. The molecule has 1 aliphatic heterocycles. The summed E-state index contributed by atoms with van der Waals surface area (Å²) in [6, 6.07) is 6.62. The molecule has 124 valence electrons. The van der Waals surface area contributed by atoms with Crippen molar-refractivity contribution >= 4 is 5.82 Å². The van der Waals surface area contributed by atoms with E-state index in [2.05, 4.69) is 50.9 Å². The highest BCUT2D eigenvalue weighted by atomic mass is 16.5. The van der Waals surface area contributed by atoms with Crippen LogP contribution in [0.25, 0.3) is 0 Å². The third-order valence-electron chi connectivity index (χ3n) is 4.28. The van der Waals surface area contributed by atoms with E-state index in [1.807, 2.05) is 13.0 Å². The molecule has 6 nitrogen and oxygen atoms in total. The number of aryl methyl sites for hydroxylation is 2. The first-order chi connectivity index (χ1) is 11.2. The maximum Gasteiger partial charge on any atom is 0.240 e. The van der Waals surface area contributed by atoms with Gasteiger partial charge in [-0.2, -0.15) is 4.98 Å². The number of anilines is 1. The molecule has 1 fully saturated rings. The number of hydrogen-bond acceptors (Lipinski definition) is 6. The lowest BCUT2D eigenvalue weighted by molar-refractivity contribution is 0.159. The topological polar surface area (TPSA) is 58.3 Å². The second-order valence-electron chi connectivity index (χ2n) is 6.26. The van der Waals surface area contributed by atoms with Crippen LogP contribution in [0.15, 0.2) is 22.7 Å². The minimum Gasteiger partial charge on any atom is -0.354 e. The summed E-state index contributed by atoms with van der Waals surface area (Å²) in [7, 11) is 0. The van der Waals surface area contributed by atoms with Crippen LogP contribution in [0.4, 0.5) is 5.82 Å². The lowest BCUT2D eigenvalue weighted by atomic mass is 10.2. The van der Waals surface area contributed by atoms with E-state index in [1.54, 1.807) is 0 Å². The van der Waals surface area contributed by atoms with Crippen LogP contribution in [-0.2, 0) is 13.0 Å². The highest BCUT2D eigenvalue weighted by Crippen LogP contribution is 2.19. The minimum absolute atomic E-state index is 0.424. The van der Waals surface area contributed by atoms with Crippen molar-refractivity contribution in [3.8, 4) is 0 Å². The van der Waals surface area contributed by atoms with Crippen molar-refractivity contribution in [1.82, 2.24) is 20.0 Å². The fourth-order valence-corrected chi connectivity index (χ4v) is 3.00. The number of nitrogens with zero attached hydrogens (tertiary/aromatic N) is 5. The molecule has 0 spiro atoms. The molecular weight excluding hydrogens is 290 g/mol. The molecule has 1 unspecified atom stereocenters. The zero-order valence-corrected chi connectivity index (χ0v) is 14.2. The molecule has 1 saturated heterocycles. The Kier molecular flexibility index (Phi) is 4.91. The van der Waals surface area contributed by atoms with Crippen LogP contribution in [-0.4, -0.2) is 45.7 Å². The Balaban J connectivity index is 1.60. The average Bonchev–Trinajstić information content (AvgIpc) is 2.97. The smallest absolute Gasteiger partial charge is 0.240 e. The highest BCUT2D eigenvalue weighted by Gasteiger charge is 2.26. The molecule has 6 heteroatoms. The number of rotatable bonds is 5. The third kappa shape index (κ3) is 3.88. The van der Waals surface area contributed by atoms with Gasteiger partial charge in [-0.05, 0) is 32.4 Å². The molecule has 2 aromatic rings. The Morgan fingerprint density at radius 1 is 1.26 bits per heavy atom. The van der Waals surface area contributed by atoms with E-state index < -0.39 is 0 Å². The molecule has 1 atom stereocenters. The molecule has 0 saturated carbocycles. The molecule has 3 heterocycles. The van der Waals surface area contributed by atoms with Gasteiger partial charge in [0.15, 0.2) is 5.82 Å². The van der Waals surface area contributed by atoms with Crippen molar-refractivity contribution < 1.29 is 4.52 Å². The van der Waals surface area contributed by atoms with Crippen LogP contribution >= 0.6 is 0 Å². The Labute approximate surface area is 137 Å². The molecule has 3 rings (SSSR count). The number of hydrogen-bond donors (Lipinski definition) is 0. The first kappa shape index (κ1) is 15.9. The summed E-state index contributed by atoms with van der Waals surface area (Å²) in [5.74, 6) is 2.61. The van der Waals surface area contributed by atoms with Gasteiger partial charge < -0.3 is 9.42 Å². The quantitative estimate of drug-likeness (QED) is 0.844. The monoisotopic (exact) mass is 315 g/mol. The molecule has 1 aliphatic rings. The predicted molar refractivity (Wildman–Crippen MR) is 89.4 cm³/mol. The van der Waals surface area contributed by atoms with Gasteiger partial charge in [-0.15, -0.1) is 0 Å². The van der Waals surface area contributed by atoms with E-state index in [0.29, 0.717) is 6.04 Å². The Hall–Kier alpha value is -1.95. The minimum atomic E-state index is 0.424. The van der Waals surface area contributed by atoms with Gasteiger partial charge in [0, 0.05) is 37.8 Å². The molecule has 0 aromatic carbocycles. The normalized spacial score (nSPS) is 19.3. The first-order valence-corrected chi connectivity index (χ1v) is 8.40. The lowest BCUT2D eigenvalue weighted by Crippen LogP contribution is -2.51. The van der Waals surface area contributed by atoms with E-state index in [-0.39, 0.29) is 0 Å². The van der Waals surface area contributed by atoms with E-state index in [4.69, 9.17) is 4.52 Å². The highest BCUT2D eigenvalue weighted by molar-refractivity contribution is 5.40. The van der Waals surface area contributed by atoms with Crippen molar-refractivity contribution in [2.24, 2.45) is 0 Å². The van der Waals surface area contributed by atoms with Gasteiger partial charge in [-0.25, -0.2) is 4.98 Å². The van der Waals surface area contributed by atoms with E-state index in [0.717, 1.165) is 62.2 Å². The molecular formula is C17H25N5O. The second kappa shape index (κ2) is 7.08.